The lowest BCUT2D eigenvalue weighted by Crippen LogP contribution is -2.53. The fourth-order valence-electron chi connectivity index (χ4n) is 2.47. The van der Waals surface area contributed by atoms with E-state index in [2.05, 4.69) is 29.9 Å². The van der Waals surface area contributed by atoms with Crippen molar-refractivity contribution >= 4 is 23.8 Å². The summed E-state index contributed by atoms with van der Waals surface area (Å²) in [5, 5.41) is 0. The fourth-order valence-corrected chi connectivity index (χ4v) is 2.47. The Hall–Kier alpha value is -3.78. The topological polar surface area (TPSA) is 286 Å². The van der Waals surface area contributed by atoms with Crippen molar-refractivity contribution in [3.8, 4) is 0 Å². The van der Waals surface area contributed by atoms with Gasteiger partial charge in [0.15, 0.2) is 11.6 Å². The number of nitrogen functional groups attached to an aromatic ring is 4. The van der Waals surface area contributed by atoms with Gasteiger partial charge in [0.2, 0.25) is 23.8 Å². The third-order valence-corrected chi connectivity index (χ3v) is 3.87. The van der Waals surface area contributed by atoms with Gasteiger partial charge < -0.3 is 45.9 Å². The molecule has 2 unspecified atom stereocenters. The van der Waals surface area contributed by atoms with Crippen LogP contribution in [0.25, 0.3) is 0 Å². The third-order valence-electron chi connectivity index (χ3n) is 3.87. The van der Waals surface area contributed by atoms with Crippen LogP contribution in [0.4, 0.5) is 23.8 Å². The number of rotatable bonds is 2. The largest absolute Gasteiger partial charge is 0.398 e. The highest BCUT2D eigenvalue weighted by Gasteiger charge is 2.45. The molecule has 0 saturated carbocycles. The van der Waals surface area contributed by atoms with E-state index in [0.717, 1.165) is 0 Å². The Morgan fingerprint density at radius 2 is 0.769 bits per heavy atom. The summed E-state index contributed by atoms with van der Waals surface area (Å²) in [6, 6.07) is 0. The smallest absolute Gasteiger partial charge is 0.225 e. The minimum absolute atomic E-state index is 0.00377. The van der Waals surface area contributed by atoms with Crippen molar-refractivity contribution in [1.82, 2.24) is 29.9 Å². The first-order valence-electron chi connectivity index (χ1n) is 7.15. The van der Waals surface area contributed by atoms with Crippen LogP contribution < -0.4 is 45.9 Å². The van der Waals surface area contributed by atoms with Crippen LogP contribution in [0.2, 0.25) is 0 Å². The van der Waals surface area contributed by atoms with E-state index >= 15 is 0 Å². The van der Waals surface area contributed by atoms with Gasteiger partial charge in [0.25, 0.3) is 0 Å². The second kappa shape index (κ2) is 5.36. The van der Waals surface area contributed by atoms with Gasteiger partial charge in [0.05, 0.1) is 11.4 Å². The zero-order valence-electron chi connectivity index (χ0n) is 13.5. The zero-order chi connectivity index (χ0) is 19.3. The van der Waals surface area contributed by atoms with Gasteiger partial charge in [-0.1, -0.05) is 12.2 Å². The molecule has 0 aliphatic heterocycles. The maximum Gasteiger partial charge on any atom is 0.225 e. The summed E-state index contributed by atoms with van der Waals surface area (Å²) in [6.45, 7) is 0. The van der Waals surface area contributed by atoms with E-state index in [-0.39, 0.29) is 46.8 Å². The second-order valence-corrected chi connectivity index (χ2v) is 5.65. The highest BCUT2D eigenvalue weighted by Crippen LogP contribution is 2.36. The van der Waals surface area contributed by atoms with Crippen LogP contribution in [-0.4, -0.2) is 29.9 Å². The lowest BCUT2D eigenvalue weighted by atomic mass is 9.79. The van der Waals surface area contributed by atoms with E-state index < -0.39 is 11.1 Å². The summed E-state index contributed by atoms with van der Waals surface area (Å²) in [4.78, 5) is 23.3. The zero-order valence-corrected chi connectivity index (χ0v) is 13.5. The average Bonchev–Trinajstić information content (AvgIpc) is 2.55. The predicted octanol–water partition coefficient (Wildman–Crippen LogP) is -3.91. The SMILES string of the molecule is NC1=C(N)C(N)(c2nc(N)nc(N)n2)C=CC1(N)c1nc(N)nc(N)n1. The van der Waals surface area contributed by atoms with Gasteiger partial charge in [-0.05, 0) is 0 Å². The number of hydrogen-bond acceptors (Lipinski definition) is 14. The van der Waals surface area contributed by atoms with E-state index in [9.17, 15) is 0 Å². The highest BCUT2D eigenvalue weighted by atomic mass is 15.2. The van der Waals surface area contributed by atoms with Crippen molar-refractivity contribution in [3.05, 3.63) is 35.2 Å². The first kappa shape index (κ1) is 17.1. The van der Waals surface area contributed by atoms with Gasteiger partial charge in [-0.3, -0.25) is 0 Å². The Morgan fingerprint density at radius 1 is 0.500 bits per heavy atom. The average molecular weight is 358 g/mol. The molecule has 2 atom stereocenters. The van der Waals surface area contributed by atoms with Crippen LogP contribution in [-0.2, 0) is 11.1 Å². The summed E-state index contributed by atoms with van der Waals surface area (Å²) in [7, 11) is 0. The van der Waals surface area contributed by atoms with Crippen molar-refractivity contribution in [1.29, 1.82) is 0 Å². The molecule has 2 heterocycles. The first-order valence-corrected chi connectivity index (χ1v) is 7.15. The molecule has 26 heavy (non-hydrogen) atoms. The molecule has 14 nitrogen and oxygen atoms in total. The Labute approximate surface area is 146 Å². The number of nitrogens with zero attached hydrogens (tertiary/aromatic N) is 6. The lowest BCUT2D eigenvalue weighted by Gasteiger charge is -2.36. The van der Waals surface area contributed by atoms with Gasteiger partial charge >= 0.3 is 0 Å². The molecule has 0 radical (unpaired) electrons. The van der Waals surface area contributed by atoms with E-state index in [4.69, 9.17) is 45.9 Å². The molecule has 1 aliphatic carbocycles. The molecule has 2 aromatic rings. The highest BCUT2D eigenvalue weighted by molar-refractivity contribution is 5.49. The van der Waals surface area contributed by atoms with Gasteiger partial charge in [0.1, 0.15) is 11.1 Å². The van der Waals surface area contributed by atoms with Gasteiger partial charge in [-0.2, -0.15) is 29.9 Å². The van der Waals surface area contributed by atoms with Crippen molar-refractivity contribution in [2.24, 2.45) is 22.9 Å². The molecule has 3 rings (SSSR count). The molecular formula is C12H18N14. The summed E-state index contributed by atoms with van der Waals surface area (Å²) in [5.41, 5.74) is 44.2. The quantitative estimate of drug-likeness (QED) is 0.238. The standard InChI is InChI=1S/C12H18N14/c13-3-4(14)12(20,6-23-9(17)26-10(18)24-6)2-1-11(3,19)5-21-7(15)25-8(16)22-5/h1-2H,13-14,19-20H2,(H4,15,16,21,22,25)(H4,17,18,23,24,26). The molecule has 0 bridgehead atoms. The molecule has 0 saturated heterocycles. The molecular weight excluding hydrogens is 340 g/mol. The van der Waals surface area contributed by atoms with E-state index in [1.807, 2.05) is 0 Å². The number of aromatic nitrogens is 6. The predicted molar refractivity (Wildman–Crippen MR) is 93.6 cm³/mol. The van der Waals surface area contributed by atoms with Crippen molar-refractivity contribution < 1.29 is 0 Å². The van der Waals surface area contributed by atoms with E-state index in [0.29, 0.717) is 0 Å². The molecule has 1 aliphatic rings. The Balaban J connectivity index is 2.16. The van der Waals surface area contributed by atoms with Crippen LogP contribution in [0.1, 0.15) is 11.6 Å². The summed E-state index contributed by atoms with van der Waals surface area (Å²) < 4.78 is 0. The Bertz CT molecular complexity index is 835. The normalized spacial score (nSPS) is 25.5. The van der Waals surface area contributed by atoms with Crippen LogP contribution in [0.15, 0.2) is 23.5 Å². The van der Waals surface area contributed by atoms with Crippen molar-refractivity contribution in [2.75, 3.05) is 22.9 Å². The summed E-state index contributed by atoms with van der Waals surface area (Å²) >= 11 is 0. The monoisotopic (exact) mass is 358 g/mol. The first-order chi connectivity index (χ1) is 12.1. The van der Waals surface area contributed by atoms with Crippen LogP contribution in [0.3, 0.4) is 0 Å². The van der Waals surface area contributed by atoms with Crippen molar-refractivity contribution in [3.63, 3.8) is 0 Å². The lowest BCUT2D eigenvalue weighted by molar-refractivity contribution is 0.508. The minimum atomic E-state index is -1.53. The minimum Gasteiger partial charge on any atom is -0.398 e. The molecule has 2 aromatic heterocycles. The molecule has 136 valence electrons. The molecule has 14 heteroatoms. The molecule has 0 amide bonds. The molecule has 0 aromatic carbocycles. The summed E-state index contributed by atoms with van der Waals surface area (Å²) in [6.07, 6.45) is 2.87. The Kier molecular flexibility index (Phi) is 3.52. The maximum absolute atomic E-state index is 6.34. The number of hydrogen-bond donors (Lipinski definition) is 8. The molecule has 16 N–H and O–H groups in total. The molecule has 0 spiro atoms. The number of anilines is 4. The van der Waals surface area contributed by atoms with Crippen LogP contribution >= 0.6 is 0 Å². The van der Waals surface area contributed by atoms with Crippen LogP contribution in [0.5, 0.6) is 0 Å². The Morgan fingerprint density at radius 3 is 1.04 bits per heavy atom. The van der Waals surface area contributed by atoms with Gasteiger partial charge in [-0.25, -0.2) is 0 Å². The maximum atomic E-state index is 6.34. The summed E-state index contributed by atoms with van der Waals surface area (Å²) in [5.74, 6) is -0.509. The van der Waals surface area contributed by atoms with E-state index in [1.165, 1.54) is 12.2 Å². The third kappa shape index (κ3) is 2.45. The molecule has 0 fully saturated rings. The fraction of sp³-hybridized carbons (Fsp3) is 0.167. The van der Waals surface area contributed by atoms with E-state index in [1.54, 1.807) is 0 Å². The van der Waals surface area contributed by atoms with Crippen molar-refractivity contribution in [2.45, 2.75) is 11.1 Å². The number of nitrogens with two attached hydrogens (primary N) is 8. The van der Waals surface area contributed by atoms with Crippen LogP contribution in [0, 0.1) is 0 Å². The van der Waals surface area contributed by atoms with Gasteiger partial charge in [-0.15, -0.1) is 0 Å². The second-order valence-electron chi connectivity index (χ2n) is 5.65. The van der Waals surface area contributed by atoms with Gasteiger partial charge in [0, 0.05) is 0 Å².